The van der Waals surface area contributed by atoms with Crippen molar-refractivity contribution in [2.45, 2.75) is 41.9 Å². The van der Waals surface area contributed by atoms with E-state index in [1.807, 2.05) is 18.2 Å². The van der Waals surface area contributed by atoms with Crippen LogP contribution in [0.4, 0.5) is 11.4 Å². The molecule has 3 aromatic rings. The minimum absolute atomic E-state index is 0.131. The third-order valence-electron chi connectivity index (χ3n) is 6.54. The molecular formula is C25H27N3O5S2. The van der Waals surface area contributed by atoms with E-state index in [9.17, 15) is 21.6 Å². The van der Waals surface area contributed by atoms with Crippen LogP contribution < -0.4 is 9.62 Å². The second-order valence-corrected chi connectivity index (χ2v) is 12.6. The van der Waals surface area contributed by atoms with E-state index >= 15 is 0 Å². The molecule has 0 unspecified atom stereocenters. The SMILES string of the molecule is O=C(CCCN1c2cccc3cccc(c23)S1(=O)=O)Nc1ccc(S(=O)(=O)N2CCCCC2)cc1. The molecule has 0 spiro atoms. The number of hydrogen-bond acceptors (Lipinski definition) is 5. The number of amides is 1. The van der Waals surface area contributed by atoms with Crippen LogP contribution >= 0.6 is 0 Å². The van der Waals surface area contributed by atoms with Gasteiger partial charge in [0, 0.05) is 37.1 Å². The molecule has 0 bridgehead atoms. The Bertz CT molecular complexity index is 1470. The Morgan fingerprint density at radius 1 is 0.914 bits per heavy atom. The summed E-state index contributed by atoms with van der Waals surface area (Å²) in [6, 6.07) is 16.9. The zero-order valence-electron chi connectivity index (χ0n) is 19.2. The van der Waals surface area contributed by atoms with Gasteiger partial charge in [0.1, 0.15) is 0 Å². The van der Waals surface area contributed by atoms with Gasteiger partial charge in [0.2, 0.25) is 15.9 Å². The van der Waals surface area contributed by atoms with Crippen LogP contribution in [0.2, 0.25) is 0 Å². The van der Waals surface area contributed by atoms with Gasteiger partial charge in [0.15, 0.2) is 0 Å². The molecule has 1 amide bonds. The minimum atomic E-state index is -3.64. The summed E-state index contributed by atoms with van der Waals surface area (Å²) in [6.07, 6.45) is 3.26. The Labute approximate surface area is 205 Å². The number of carbonyl (C=O) groups is 1. The third-order valence-corrected chi connectivity index (χ3v) is 10.3. The number of piperidine rings is 1. The summed E-state index contributed by atoms with van der Waals surface area (Å²) >= 11 is 0. The molecule has 0 aromatic heterocycles. The van der Waals surface area contributed by atoms with E-state index in [0.29, 0.717) is 35.8 Å². The van der Waals surface area contributed by atoms with Crippen molar-refractivity contribution in [3.63, 3.8) is 0 Å². The second-order valence-electron chi connectivity index (χ2n) is 8.85. The highest BCUT2D eigenvalue weighted by molar-refractivity contribution is 7.93. The smallest absolute Gasteiger partial charge is 0.265 e. The normalized spacial score (nSPS) is 17.5. The summed E-state index contributed by atoms with van der Waals surface area (Å²) in [5.74, 6) is -0.260. The molecule has 5 rings (SSSR count). The number of nitrogens with zero attached hydrogens (tertiary/aromatic N) is 2. The van der Waals surface area contributed by atoms with Crippen molar-refractivity contribution in [3.05, 3.63) is 60.7 Å². The molecular weight excluding hydrogens is 486 g/mol. The Kier molecular flexibility index (Phi) is 6.29. The first-order chi connectivity index (χ1) is 16.8. The summed E-state index contributed by atoms with van der Waals surface area (Å²) < 4.78 is 54.5. The van der Waals surface area contributed by atoms with Crippen LogP contribution in [0.5, 0.6) is 0 Å². The fourth-order valence-electron chi connectivity index (χ4n) is 4.77. The highest BCUT2D eigenvalue weighted by Crippen LogP contribution is 2.42. The number of hydrogen-bond donors (Lipinski definition) is 1. The highest BCUT2D eigenvalue weighted by Gasteiger charge is 2.35. The van der Waals surface area contributed by atoms with Gasteiger partial charge >= 0.3 is 0 Å². The van der Waals surface area contributed by atoms with E-state index in [0.717, 1.165) is 30.0 Å². The maximum atomic E-state index is 13.0. The van der Waals surface area contributed by atoms with Gasteiger partial charge < -0.3 is 5.32 Å². The van der Waals surface area contributed by atoms with Crippen LogP contribution in [0.15, 0.2) is 70.5 Å². The van der Waals surface area contributed by atoms with Crippen LogP contribution in [-0.4, -0.2) is 46.7 Å². The second kappa shape index (κ2) is 9.25. The van der Waals surface area contributed by atoms with Gasteiger partial charge in [-0.2, -0.15) is 4.31 Å². The third kappa shape index (κ3) is 4.41. The van der Waals surface area contributed by atoms with Crippen LogP contribution in [0.1, 0.15) is 32.1 Å². The molecule has 8 nitrogen and oxygen atoms in total. The molecule has 2 aliphatic rings. The van der Waals surface area contributed by atoms with Crippen molar-refractivity contribution in [1.82, 2.24) is 4.31 Å². The molecule has 2 heterocycles. The monoisotopic (exact) mass is 513 g/mol. The van der Waals surface area contributed by atoms with Crippen LogP contribution in [0, 0.1) is 0 Å². The van der Waals surface area contributed by atoms with Crippen molar-refractivity contribution in [2.75, 3.05) is 29.3 Å². The van der Waals surface area contributed by atoms with Crippen LogP contribution in [0.25, 0.3) is 10.8 Å². The lowest BCUT2D eigenvalue weighted by Gasteiger charge is -2.25. The molecule has 35 heavy (non-hydrogen) atoms. The predicted octanol–water partition coefficient (Wildman–Crippen LogP) is 3.94. The molecule has 0 atom stereocenters. The van der Waals surface area contributed by atoms with E-state index in [4.69, 9.17) is 0 Å². The fourth-order valence-corrected chi connectivity index (χ4v) is 8.04. The van der Waals surface area contributed by atoms with Crippen LogP contribution in [0.3, 0.4) is 0 Å². The average molecular weight is 514 g/mol. The zero-order valence-corrected chi connectivity index (χ0v) is 20.8. The molecule has 0 aliphatic carbocycles. The molecule has 1 fully saturated rings. The maximum Gasteiger partial charge on any atom is 0.265 e. The predicted molar refractivity (Wildman–Crippen MR) is 135 cm³/mol. The standard InChI is InChI=1S/C25H27N3O5S2/c29-24(26-20-12-14-21(15-13-20)34(30,31)27-16-2-1-3-17-27)11-6-18-28-22-9-4-7-19-8-5-10-23(25(19)22)35(28,32)33/h4-5,7-10,12-15H,1-3,6,11,16-18H2,(H,26,29). The summed E-state index contributed by atoms with van der Waals surface area (Å²) in [4.78, 5) is 13.0. The first-order valence-electron chi connectivity index (χ1n) is 11.7. The number of benzene rings is 3. The number of anilines is 2. The lowest BCUT2D eigenvalue weighted by Crippen LogP contribution is -2.35. The van der Waals surface area contributed by atoms with Crippen molar-refractivity contribution >= 4 is 48.1 Å². The molecule has 10 heteroatoms. The summed E-state index contributed by atoms with van der Waals surface area (Å²) in [7, 11) is -7.17. The Morgan fingerprint density at radius 2 is 1.60 bits per heavy atom. The first kappa shape index (κ1) is 23.8. The topological polar surface area (TPSA) is 104 Å². The largest absolute Gasteiger partial charge is 0.326 e. The molecule has 0 radical (unpaired) electrons. The van der Waals surface area contributed by atoms with Gasteiger partial charge in [-0.05, 0) is 61.0 Å². The van der Waals surface area contributed by atoms with E-state index in [-0.39, 0.29) is 23.8 Å². The molecule has 3 aromatic carbocycles. The maximum absolute atomic E-state index is 13.0. The van der Waals surface area contributed by atoms with Crippen molar-refractivity contribution < 1.29 is 21.6 Å². The minimum Gasteiger partial charge on any atom is -0.326 e. The number of rotatable bonds is 7. The van der Waals surface area contributed by atoms with Gasteiger partial charge in [-0.15, -0.1) is 0 Å². The van der Waals surface area contributed by atoms with Crippen LogP contribution in [-0.2, 0) is 24.8 Å². The summed E-state index contributed by atoms with van der Waals surface area (Å²) in [5, 5.41) is 4.36. The Hall–Kier alpha value is -2.95. The van der Waals surface area contributed by atoms with Gasteiger partial charge in [0.05, 0.1) is 15.5 Å². The average Bonchev–Trinajstić information content (AvgIpc) is 3.08. The molecule has 0 saturated carbocycles. The van der Waals surface area contributed by atoms with Gasteiger partial charge in [0.25, 0.3) is 10.0 Å². The lowest BCUT2D eigenvalue weighted by atomic mass is 10.1. The van der Waals surface area contributed by atoms with E-state index in [2.05, 4.69) is 5.32 Å². The summed E-state index contributed by atoms with van der Waals surface area (Å²) in [5.41, 5.74) is 1.14. The van der Waals surface area contributed by atoms with E-state index in [1.54, 1.807) is 30.3 Å². The fraction of sp³-hybridized carbons (Fsp3) is 0.320. The Balaban J connectivity index is 1.19. The highest BCUT2D eigenvalue weighted by atomic mass is 32.2. The van der Waals surface area contributed by atoms with Gasteiger partial charge in [-0.25, -0.2) is 16.8 Å². The molecule has 2 aliphatic heterocycles. The van der Waals surface area contributed by atoms with Crippen molar-refractivity contribution in [1.29, 1.82) is 0 Å². The number of nitrogens with one attached hydrogen (secondary N) is 1. The summed E-state index contributed by atoms with van der Waals surface area (Å²) in [6.45, 7) is 1.26. The first-order valence-corrected chi connectivity index (χ1v) is 14.6. The van der Waals surface area contributed by atoms with Gasteiger partial charge in [-0.3, -0.25) is 9.10 Å². The number of sulfonamides is 2. The van der Waals surface area contributed by atoms with Gasteiger partial charge in [-0.1, -0.05) is 30.7 Å². The molecule has 1 saturated heterocycles. The molecule has 184 valence electrons. The Morgan fingerprint density at radius 3 is 2.31 bits per heavy atom. The molecule has 1 N–H and O–H groups in total. The quantitative estimate of drug-likeness (QED) is 0.515. The lowest BCUT2D eigenvalue weighted by molar-refractivity contribution is -0.116. The van der Waals surface area contributed by atoms with Crippen molar-refractivity contribution in [2.24, 2.45) is 0 Å². The van der Waals surface area contributed by atoms with E-state index in [1.165, 1.54) is 20.7 Å². The van der Waals surface area contributed by atoms with Crippen molar-refractivity contribution in [3.8, 4) is 0 Å². The number of carbonyl (C=O) groups excluding carboxylic acids is 1. The zero-order chi connectivity index (χ0) is 24.6. The van der Waals surface area contributed by atoms with E-state index < -0.39 is 20.0 Å².